The van der Waals surface area contributed by atoms with Crippen molar-refractivity contribution < 1.29 is 19.4 Å². The molecule has 1 saturated carbocycles. The molecule has 3 atom stereocenters. The van der Waals surface area contributed by atoms with E-state index in [2.05, 4.69) is 5.32 Å². The van der Waals surface area contributed by atoms with Crippen molar-refractivity contribution in [2.45, 2.75) is 18.4 Å². The highest BCUT2D eigenvalue weighted by molar-refractivity contribution is 5.83. The van der Waals surface area contributed by atoms with Gasteiger partial charge in [-0.3, -0.25) is 4.79 Å². The average Bonchev–Trinajstić information content (AvgIpc) is 3.20. The highest BCUT2D eigenvalue weighted by Gasteiger charge is 2.43. The molecule has 0 bridgehead atoms. The van der Waals surface area contributed by atoms with Gasteiger partial charge in [-0.15, -0.1) is 0 Å². The molecule has 5 nitrogen and oxygen atoms in total. The lowest BCUT2D eigenvalue weighted by Gasteiger charge is -2.11. The lowest BCUT2D eigenvalue weighted by molar-refractivity contribution is -0.148. The highest BCUT2D eigenvalue weighted by atomic mass is 16.5. The molecule has 0 radical (unpaired) electrons. The number of amides is 1. The minimum Gasteiger partial charge on any atom is -0.479 e. The molecule has 2 N–H and O–H groups in total. The fourth-order valence-corrected chi connectivity index (χ4v) is 2.15. The molecule has 3 unspecified atom stereocenters. The molecule has 0 aliphatic heterocycles. The Morgan fingerprint density at radius 2 is 2.11 bits per heavy atom. The zero-order chi connectivity index (χ0) is 13.8. The van der Waals surface area contributed by atoms with Crippen LogP contribution in [0.15, 0.2) is 30.3 Å². The fraction of sp³-hybridized carbons (Fsp3) is 0.429. The van der Waals surface area contributed by atoms with Gasteiger partial charge in [-0.1, -0.05) is 30.3 Å². The van der Waals surface area contributed by atoms with Crippen molar-refractivity contribution in [3.63, 3.8) is 0 Å². The third-order valence-electron chi connectivity index (χ3n) is 3.38. The second kappa shape index (κ2) is 5.84. The van der Waals surface area contributed by atoms with Gasteiger partial charge >= 0.3 is 5.97 Å². The Hall–Kier alpha value is -1.88. The number of carbonyl (C=O) groups is 2. The number of rotatable bonds is 6. The highest BCUT2D eigenvalue weighted by Crippen LogP contribution is 2.47. The Balaban J connectivity index is 1.82. The first kappa shape index (κ1) is 13.5. The molecule has 1 aliphatic rings. The van der Waals surface area contributed by atoms with Gasteiger partial charge in [-0.2, -0.15) is 0 Å². The minimum atomic E-state index is -1.07. The van der Waals surface area contributed by atoms with Gasteiger partial charge in [0.25, 0.3) is 0 Å². The first-order chi connectivity index (χ1) is 9.13. The Morgan fingerprint density at radius 3 is 2.68 bits per heavy atom. The first-order valence-electron chi connectivity index (χ1n) is 6.21. The molecule has 1 aromatic rings. The van der Waals surface area contributed by atoms with Crippen LogP contribution in [0, 0.1) is 5.92 Å². The van der Waals surface area contributed by atoms with Gasteiger partial charge in [0.05, 0.1) is 6.54 Å². The molecule has 0 saturated heterocycles. The van der Waals surface area contributed by atoms with Gasteiger partial charge in [-0.05, 0) is 17.9 Å². The Morgan fingerprint density at radius 1 is 1.42 bits per heavy atom. The Bertz CT molecular complexity index is 460. The Labute approximate surface area is 111 Å². The number of carboxylic acids is 1. The van der Waals surface area contributed by atoms with E-state index in [0.717, 1.165) is 12.0 Å². The predicted octanol–water partition coefficient (Wildman–Crippen LogP) is 1.01. The van der Waals surface area contributed by atoms with Crippen LogP contribution >= 0.6 is 0 Å². The number of nitrogens with one attached hydrogen (secondary N) is 1. The van der Waals surface area contributed by atoms with E-state index >= 15 is 0 Å². The van der Waals surface area contributed by atoms with Crippen molar-refractivity contribution in [2.75, 3.05) is 13.7 Å². The molecule has 0 aromatic heterocycles. The normalized spacial score (nSPS) is 22.6. The molecule has 2 rings (SSSR count). The summed E-state index contributed by atoms with van der Waals surface area (Å²) in [5.74, 6) is -0.962. The second-order valence-corrected chi connectivity index (χ2v) is 4.67. The van der Waals surface area contributed by atoms with Gasteiger partial charge in [0.2, 0.25) is 5.91 Å². The van der Waals surface area contributed by atoms with Crippen molar-refractivity contribution in [1.82, 2.24) is 5.32 Å². The number of hydrogen-bond donors (Lipinski definition) is 2. The van der Waals surface area contributed by atoms with Gasteiger partial charge in [0.15, 0.2) is 6.10 Å². The maximum atomic E-state index is 11.9. The van der Waals surface area contributed by atoms with Gasteiger partial charge in [-0.25, -0.2) is 4.79 Å². The van der Waals surface area contributed by atoms with E-state index in [1.807, 2.05) is 30.3 Å². The summed E-state index contributed by atoms with van der Waals surface area (Å²) in [5, 5.41) is 11.4. The van der Waals surface area contributed by atoms with Crippen molar-refractivity contribution in [3.05, 3.63) is 35.9 Å². The van der Waals surface area contributed by atoms with E-state index in [0.29, 0.717) is 0 Å². The van der Waals surface area contributed by atoms with Crippen LogP contribution in [0.5, 0.6) is 0 Å². The van der Waals surface area contributed by atoms with E-state index in [-0.39, 0.29) is 24.3 Å². The molecule has 1 amide bonds. The summed E-state index contributed by atoms with van der Waals surface area (Å²) in [6.45, 7) is 0.00266. The van der Waals surface area contributed by atoms with Gasteiger partial charge < -0.3 is 15.2 Å². The monoisotopic (exact) mass is 263 g/mol. The van der Waals surface area contributed by atoms with Gasteiger partial charge in [0.1, 0.15) is 0 Å². The zero-order valence-corrected chi connectivity index (χ0v) is 10.7. The van der Waals surface area contributed by atoms with Crippen LogP contribution in [0.4, 0.5) is 0 Å². The topological polar surface area (TPSA) is 75.6 Å². The number of carbonyl (C=O) groups excluding carboxylic acids is 1. The number of aliphatic carboxylic acids is 1. The molecule has 1 fully saturated rings. The molecule has 102 valence electrons. The maximum Gasteiger partial charge on any atom is 0.334 e. The number of benzene rings is 1. The summed E-state index contributed by atoms with van der Waals surface area (Å²) in [7, 11) is 1.31. The van der Waals surface area contributed by atoms with Crippen LogP contribution in [-0.2, 0) is 14.3 Å². The van der Waals surface area contributed by atoms with Crippen LogP contribution in [0.3, 0.4) is 0 Å². The van der Waals surface area contributed by atoms with E-state index in [9.17, 15) is 9.59 Å². The van der Waals surface area contributed by atoms with Crippen LogP contribution in [0.25, 0.3) is 0 Å². The molecule has 1 aromatic carbocycles. The van der Waals surface area contributed by atoms with Crippen molar-refractivity contribution in [3.8, 4) is 0 Å². The van der Waals surface area contributed by atoms with E-state index < -0.39 is 12.1 Å². The summed E-state index contributed by atoms with van der Waals surface area (Å²) in [4.78, 5) is 22.6. The third kappa shape index (κ3) is 3.32. The molecule has 0 spiro atoms. The summed E-state index contributed by atoms with van der Waals surface area (Å²) in [6, 6.07) is 9.86. The van der Waals surface area contributed by atoms with Gasteiger partial charge in [0, 0.05) is 13.0 Å². The summed E-state index contributed by atoms with van der Waals surface area (Å²) in [6.07, 6.45) is -0.168. The molecule has 0 heterocycles. The van der Waals surface area contributed by atoms with E-state index in [1.165, 1.54) is 7.11 Å². The standard InChI is InChI=1S/C14H17NO4/c1-19-12(14(17)18)8-15-13(16)11-7-10(11)9-5-3-2-4-6-9/h2-6,10-12H,7-8H2,1H3,(H,15,16)(H,17,18). The Kier molecular flexibility index (Phi) is 4.16. The summed E-state index contributed by atoms with van der Waals surface area (Å²) >= 11 is 0. The average molecular weight is 263 g/mol. The summed E-state index contributed by atoms with van der Waals surface area (Å²) in [5.41, 5.74) is 1.16. The van der Waals surface area contributed by atoms with Crippen molar-refractivity contribution >= 4 is 11.9 Å². The second-order valence-electron chi connectivity index (χ2n) is 4.67. The van der Waals surface area contributed by atoms with Crippen molar-refractivity contribution in [1.29, 1.82) is 0 Å². The molecule has 1 aliphatic carbocycles. The lowest BCUT2D eigenvalue weighted by atomic mass is 10.1. The number of carboxylic acid groups (broad SMARTS) is 1. The van der Waals surface area contributed by atoms with Crippen LogP contribution in [0.1, 0.15) is 17.9 Å². The SMILES string of the molecule is COC(CNC(=O)C1CC1c1ccccc1)C(=O)O. The molecular weight excluding hydrogens is 246 g/mol. The van der Waals surface area contributed by atoms with Crippen LogP contribution in [0.2, 0.25) is 0 Å². The minimum absolute atomic E-state index is 0.00266. The lowest BCUT2D eigenvalue weighted by Crippen LogP contribution is -2.38. The van der Waals surface area contributed by atoms with Crippen LogP contribution in [-0.4, -0.2) is 36.7 Å². The zero-order valence-electron chi connectivity index (χ0n) is 10.7. The smallest absolute Gasteiger partial charge is 0.334 e. The van der Waals surface area contributed by atoms with E-state index in [4.69, 9.17) is 9.84 Å². The molecular formula is C14H17NO4. The number of methoxy groups -OCH3 is 1. The predicted molar refractivity (Wildman–Crippen MR) is 68.7 cm³/mol. The molecule has 5 heteroatoms. The number of ether oxygens (including phenoxy) is 1. The largest absolute Gasteiger partial charge is 0.479 e. The van der Waals surface area contributed by atoms with Crippen molar-refractivity contribution in [2.24, 2.45) is 5.92 Å². The van der Waals surface area contributed by atoms with E-state index in [1.54, 1.807) is 0 Å². The van der Waals surface area contributed by atoms with Crippen LogP contribution < -0.4 is 5.32 Å². The first-order valence-corrected chi connectivity index (χ1v) is 6.21. The fourth-order valence-electron chi connectivity index (χ4n) is 2.15. The maximum absolute atomic E-state index is 11.9. The molecule has 19 heavy (non-hydrogen) atoms. The quantitative estimate of drug-likeness (QED) is 0.803. The number of hydrogen-bond acceptors (Lipinski definition) is 3. The summed E-state index contributed by atoms with van der Waals surface area (Å²) < 4.78 is 4.76. The third-order valence-corrected chi connectivity index (χ3v) is 3.38.